The number of phenolic OH excluding ortho intramolecular Hbond substituents is 2. The first-order chi connectivity index (χ1) is 8.90. The lowest BCUT2D eigenvalue weighted by Gasteiger charge is -2.12. The van der Waals surface area contributed by atoms with Crippen LogP contribution < -0.4 is 5.32 Å². The summed E-state index contributed by atoms with van der Waals surface area (Å²) in [5, 5.41) is 29.9. The Balaban J connectivity index is 2.51. The third-order valence-electron chi connectivity index (χ3n) is 2.69. The summed E-state index contributed by atoms with van der Waals surface area (Å²) in [5.74, 6) is -1.69. The fraction of sp³-hybridized carbons (Fsp3) is 0.385. The van der Waals surface area contributed by atoms with Gasteiger partial charge in [-0.25, -0.2) is 0 Å². The van der Waals surface area contributed by atoms with E-state index in [9.17, 15) is 19.8 Å². The number of amides is 1. The molecule has 0 spiro atoms. The average Bonchev–Trinajstić information content (AvgIpc) is 2.36. The SMILES string of the molecule is CC(CCC(=O)O)CNC(=O)c1cc(O)ccc1O. The van der Waals surface area contributed by atoms with Crippen LogP contribution in [0.1, 0.15) is 30.1 Å². The van der Waals surface area contributed by atoms with Gasteiger partial charge >= 0.3 is 5.97 Å². The molecule has 6 nitrogen and oxygen atoms in total. The number of benzene rings is 1. The molecule has 1 amide bonds. The maximum absolute atomic E-state index is 11.8. The smallest absolute Gasteiger partial charge is 0.303 e. The molecular weight excluding hydrogens is 250 g/mol. The molecule has 0 aliphatic carbocycles. The molecule has 0 aliphatic heterocycles. The molecule has 1 rings (SSSR count). The van der Waals surface area contributed by atoms with Crippen LogP contribution in [-0.2, 0) is 4.79 Å². The van der Waals surface area contributed by atoms with E-state index in [-0.39, 0.29) is 29.4 Å². The maximum Gasteiger partial charge on any atom is 0.303 e. The van der Waals surface area contributed by atoms with Crippen molar-refractivity contribution in [3.8, 4) is 11.5 Å². The highest BCUT2D eigenvalue weighted by atomic mass is 16.4. The first-order valence-electron chi connectivity index (χ1n) is 5.92. The van der Waals surface area contributed by atoms with Crippen LogP contribution in [0.4, 0.5) is 0 Å². The summed E-state index contributed by atoms with van der Waals surface area (Å²) >= 11 is 0. The Labute approximate surface area is 110 Å². The molecule has 19 heavy (non-hydrogen) atoms. The molecule has 1 aromatic rings. The molecule has 1 aromatic carbocycles. The number of nitrogens with one attached hydrogen (secondary N) is 1. The van der Waals surface area contributed by atoms with Gasteiger partial charge in [0.2, 0.25) is 0 Å². The Morgan fingerprint density at radius 3 is 2.63 bits per heavy atom. The van der Waals surface area contributed by atoms with Gasteiger partial charge in [0.1, 0.15) is 11.5 Å². The fourth-order valence-electron chi connectivity index (χ4n) is 1.54. The van der Waals surface area contributed by atoms with Crippen LogP contribution >= 0.6 is 0 Å². The topological polar surface area (TPSA) is 107 Å². The Kier molecular flexibility index (Phi) is 5.17. The van der Waals surface area contributed by atoms with Crippen molar-refractivity contribution < 1.29 is 24.9 Å². The summed E-state index contributed by atoms with van der Waals surface area (Å²) in [7, 11) is 0. The number of hydrogen-bond donors (Lipinski definition) is 4. The minimum Gasteiger partial charge on any atom is -0.508 e. The predicted molar refractivity (Wildman–Crippen MR) is 68.1 cm³/mol. The molecule has 0 fully saturated rings. The monoisotopic (exact) mass is 267 g/mol. The largest absolute Gasteiger partial charge is 0.508 e. The molecule has 1 atom stereocenters. The number of carboxylic acids is 1. The first kappa shape index (κ1) is 14.8. The number of rotatable bonds is 6. The minimum atomic E-state index is -0.871. The molecule has 0 bridgehead atoms. The van der Waals surface area contributed by atoms with Crippen molar-refractivity contribution in [2.45, 2.75) is 19.8 Å². The van der Waals surface area contributed by atoms with E-state index in [4.69, 9.17) is 5.11 Å². The van der Waals surface area contributed by atoms with Gasteiger partial charge in [0.05, 0.1) is 5.56 Å². The van der Waals surface area contributed by atoms with E-state index in [0.29, 0.717) is 13.0 Å². The number of aliphatic carboxylic acids is 1. The van der Waals surface area contributed by atoms with E-state index < -0.39 is 11.9 Å². The molecule has 0 heterocycles. The highest BCUT2D eigenvalue weighted by molar-refractivity contribution is 5.97. The van der Waals surface area contributed by atoms with E-state index in [0.717, 1.165) is 0 Å². The number of carbonyl (C=O) groups is 2. The normalized spacial score (nSPS) is 11.8. The van der Waals surface area contributed by atoms with Gasteiger partial charge in [0, 0.05) is 13.0 Å². The molecule has 0 aromatic heterocycles. The van der Waals surface area contributed by atoms with Crippen molar-refractivity contribution in [2.24, 2.45) is 5.92 Å². The number of aromatic hydroxyl groups is 2. The maximum atomic E-state index is 11.8. The highest BCUT2D eigenvalue weighted by Crippen LogP contribution is 2.21. The summed E-state index contributed by atoms with van der Waals surface area (Å²) in [5.41, 5.74) is -0.00886. The summed E-state index contributed by atoms with van der Waals surface area (Å²) in [6.07, 6.45) is 0.510. The number of carboxylic acid groups (broad SMARTS) is 1. The van der Waals surface area contributed by atoms with E-state index in [1.165, 1.54) is 18.2 Å². The second kappa shape index (κ2) is 6.63. The summed E-state index contributed by atoms with van der Waals surface area (Å²) < 4.78 is 0. The molecule has 1 unspecified atom stereocenters. The predicted octanol–water partition coefficient (Wildman–Crippen LogP) is 1.33. The van der Waals surface area contributed by atoms with Crippen LogP contribution in [0.3, 0.4) is 0 Å². The zero-order chi connectivity index (χ0) is 14.4. The lowest BCUT2D eigenvalue weighted by Crippen LogP contribution is -2.28. The van der Waals surface area contributed by atoms with E-state index in [1.807, 2.05) is 6.92 Å². The molecule has 6 heteroatoms. The Morgan fingerprint density at radius 1 is 1.32 bits per heavy atom. The number of phenols is 2. The molecule has 4 N–H and O–H groups in total. The first-order valence-corrected chi connectivity index (χ1v) is 5.92. The van der Waals surface area contributed by atoms with Gasteiger partial charge in [0.25, 0.3) is 5.91 Å². The molecule has 0 aliphatic rings. The Bertz CT molecular complexity index is 472. The van der Waals surface area contributed by atoms with Crippen molar-refractivity contribution >= 4 is 11.9 Å². The van der Waals surface area contributed by atoms with Gasteiger partial charge in [-0.15, -0.1) is 0 Å². The van der Waals surface area contributed by atoms with Gasteiger partial charge in [-0.2, -0.15) is 0 Å². The zero-order valence-electron chi connectivity index (χ0n) is 10.6. The summed E-state index contributed by atoms with van der Waals surface area (Å²) in [6, 6.07) is 3.69. The summed E-state index contributed by atoms with van der Waals surface area (Å²) in [6.45, 7) is 2.13. The number of carbonyl (C=O) groups excluding carboxylic acids is 1. The molecule has 0 saturated heterocycles. The van der Waals surface area contributed by atoms with E-state index in [2.05, 4.69) is 5.32 Å². The molecule has 0 radical (unpaired) electrons. The standard InChI is InChI=1S/C13H17NO5/c1-8(2-5-12(17)18)7-14-13(19)10-6-9(15)3-4-11(10)16/h3-4,6,8,15-16H,2,5,7H2,1H3,(H,14,19)(H,17,18). The molecule has 0 saturated carbocycles. The second-order valence-electron chi connectivity index (χ2n) is 4.45. The van der Waals surface area contributed by atoms with Gasteiger partial charge in [-0.1, -0.05) is 6.92 Å². The van der Waals surface area contributed by atoms with E-state index in [1.54, 1.807) is 0 Å². The summed E-state index contributed by atoms with van der Waals surface area (Å²) in [4.78, 5) is 22.2. The van der Waals surface area contributed by atoms with Gasteiger partial charge < -0.3 is 20.6 Å². The average molecular weight is 267 g/mol. The van der Waals surface area contributed by atoms with E-state index >= 15 is 0 Å². The van der Waals surface area contributed by atoms with Gasteiger partial charge in [-0.3, -0.25) is 9.59 Å². The third-order valence-corrected chi connectivity index (χ3v) is 2.69. The van der Waals surface area contributed by atoms with Crippen LogP contribution in [-0.4, -0.2) is 33.7 Å². The minimum absolute atomic E-state index is 0.00886. The van der Waals surface area contributed by atoms with Crippen LogP contribution in [0, 0.1) is 5.92 Å². The van der Waals surface area contributed by atoms with Crippen LogP contribution in [0.5, 0.6) is 11.5 Å². The molecular formula is C13H17NO5. The fourth-order valence-corrected chi connectivity index (χ4v) is 1.54. The van der Waals surface area contributed by atoms with Crippen molar-refractivity contribution in [1.82, 2.24) is 5.32 Å². The van der Waals surface area contributed by atoms with Crippen molar-refractivity contribution in [2.75, 3.05) is 6.54 Å². The van der Waals surface area contributed by atoms with Crippen LogP contribution in [0.2, 0.25) is 0 Å². The van der Waals surface area contributed by atoms with Gasteiger partial charge in [-0.05, 0) is 30.5 Å². The zero-order valence-corrected chi connectivity index (χ0v) is 10.6. The van der Waals surface area contributed by atoms with Crippen LogP contribution in [0.25, 0.3) is 0 Å². The van der Waals surface area contributed by atoms with Crippen molar-refractivity contribution in [3.63, 3.8) is 0 Å². The third kappa shape index (κ3) is 4.87. The quantitative estimate of drug-likeness (QED) is 0.582. The van der Waals surface area contributed by atoms with Crippen molar-refractivity contribution in [3.05, 3.63) is 23.8 Å². The lowest BCUT2D eigenvalue weighted by molar-refractivity contribution is -0.137. The lowest BCUT2D eigenvalue weighted by atomic mass is 10.1. The highest BCUT2D eigenvalue weighted by Gasteiger charge is 2.13. The Morgan fingerprint density at radius 2 is 2.00 bits per heavy atom. The second-order valence-corrected chi connectivity index (χ2v) is 4.45. The van der Waals surface area contributed by atoms with Gasteiger partial charge in [0.15, 0.2) is 0 Å². The number of hydrogen-bond acceptors (Lipinski definition) is 4. The molecule has 104 valence electrons. The Hall–Kier alpha value is -2.24. The van der Waals surface area contributed by atoms with Crippen LogP contribution in [0.15, 0.2) is 18.2 Å². The van der Waals surface area contributed by atoms with Crippen molar-refractivity contribution in [1.29, 1.82) is 0 Å².